The number of benzene rings is 2. The summed E-state index contributed by atoms with van der Waals surface area (Å²) < 4.78 is 30.4. The first-order chi connectivity index (χ1) is 16.5. The SMILES string of the molecule is C/C=C/C1CCC(C(C)C2CCC(c3cc4ccc(CCCCC)cc4c(F)c3F)CC2)CC1. The summed E-state index contributed by atoms with van der Waals surface area (Å²) in [5.74, 6) is 2.01. The van der Waals surface area contributed by atoms with Crippen LogP contribution in [0, 0.1) is 35.3 Å². The topological polar surface area (TPSA) is 0 Å². The highest BCUT2D eigenvalue weighted by Gasteiger charge is 2.33. The molecule has 0 heterocycles. The molecule has 1 atom stereocenters. The lowest BCUT2D eigenvalue weighted by Gasteiger charge is -2.39. The number of allylic oxidation sites excluding steroid dienone is 2. The Labute approximate surface area is 206 Å². The number of hydrogen-bond donors (Lipinski definition) is 0. The number of unbranched alkanes of at least 4 members (excludes halogenated alkanes) is 2. The summed E-state index contributed by atoms with van der Waals surface area (Å²) in [5.41, 5.74) is 1.72. The van der Waals surface area contributed by atoms with E-state index in [1.165, 1.54) is 38.5 Å². The van der Waals surface area contributed by atoms with Gasteiger partial charge in [-0.15, -0.1) is 0 Å². The van der Waals surface area contributed by atoms with Crippen molar-refractivity contribution in [2.24, 2.45) is 23.7 Å². The standard InChI is InChI=1S/C32H44F2/c1-4-6-7-9-24-12-15-28-21-30(32(34)31(33)29(28)20-24)27-18-16-26(17-19-27)22(3)25-13-10-23(8-5-2)11-14-25/h5,8,12,15,20-23,25-27H,4,6-7,9-11,13-14,16-19H2,1-3H3/b8-5+. The molecule has 0 nitrogen and oxygen atoms in total. The van der Waals surface area contributed by atoms with E-state index >= 15 is 8.78 Å². The van der Waals surface area contributed by atoms with Crippen molar-refractivity contribution in [3.05, 3.63) is 59.2 Å². The lowest BCUT2D eigenvalue weighted by Crippen LogP contribution is -2.28. The van der Waals surface area contributed by atoms with Gasteiger partial charge in [0.1, 0.15) is 0 Å². The van der Waals surface area contributed by atoms with Gasteiger partial charge in [-0.05, 0) is 129 Å². The molecule has 0 spiro atoms. The molecule has 2 fully saturated rings. The van der Waals surface area contributed by atoms with Crippen molar-refractivity contribution in [1.82, 2.24) is 0 Å². The van der Waals surface area contributed by atoms with Crippen LogP contribution in [0.1, 0.15) is 108 Å². The molecule has 2 aromatic rings. The van der Waals surface area contributed by atoms with Crippen LogP contribution in [0.3, 0.4) is 0 Å². The molecule has 2 heteroatoms. The van der Waals surface area contributed by atoms with Gasteiger partial charge >= 0.3 is 0 Å². The molecule has 0 amide bonds. The van der Waals surface area contributed by atoms with Crippen molar-refractivity contribution in [2.75, 3.05) is 0 Å². The maximum Gasteiger partial charge on any atom is 0.166 e. The predicted octanol–water partition coefficient (Wildman–Crippen LogP) is 10.1. The zero-order valence-electron chi connectivity index (χ0n) is 21.6. The molecule has 2 aliphatic rings. The number of halogens is 2. The Kier molecular flexibility index (Phi) is 8.83. The number of aryl methyl sites for hydroxylation is 1. The van der Waals surface area contributed by atoms with Crippen LogP contribution < -0.4 is 0 Å². The molecule has 34 heavy (non-hydrogen) atoms. The summed E-state index contributed by atoms with van der Waals surface area (Å²) >= 11 is 0. The van der Waals surface area contributed by atoms with Crippen molar-refractivity contribution >= 4 is 10.8 Å². The largest absolute Gasteiger partial charge is 0.203 e. The number of fused-ring (bicyclic) bond motifs is 1. The second-order valence-electron chi connectivity index (χ2n) is 11.3. The molecule has 0 bridgehead atoms. The van der Waals surface area contributed by atoms with E-state index < -0.39 is 11.6 Å². The van der Waals surface area contributed by atoms with Crippen LogP contribution in [0.25, 0.3) is 10.8 Å². The molecular formula is C32H44F2. The third-order valence-corrected chi connectivity index (χ3v) is 9.16. The van der Waals surface area contributed by atoms with E-state index in [1.54, 1.807) is 0 Å². The van der Waals surface area contributed by atoms with Gasteiger partial charge in [0.15, 0.2) is 11.6 Å². The van der Waals surface area contributed by atoms with E-state index in [2.05, 4.69) is 39.0 Å². The molecule has 0 radical (unpaired) electrons. The van der Waals surface area contributed by atoms with Crippen molar-refractivity contribution in [3.8, 4) is 0 Å². The summed E-state index contributed by atoms with van der Waals surface area (Å²) in [6.07, 6.45) is 18.6. The number of hydrogen-bond acceptors (Lipinski definition) is 0. The van der Waals surface area contributed by atoms with E-state index in [1.807, 2.05) is 18.2 Å². The Hall–Kier alpha value is -1.70. The van der Waals surface area contributed by atoms with Gasteiger partial charge in [0.25, 0.3) is 0 Å². The first kappa shape index (κ1) is 25.4. The van der Waals surface area contributed by atoms with Gasteiger partial charge in [-0.1, -0.05) is 51.0 Å². The zero-order valence-corrected chi connectivity index (χ0v) is 21.6. The molecule has 0 aromatic heterocycles. The van der Waals surface area contributed by atoms with Crippen LogP contribution in [0.5, 0.6) is 0 Å². The molecule has 4 rings (SSSR count). The molecule has 0 N–H and O–H groups in total. The third-order valence-electron chi connectivity index (χ3n) is 9.16. The second-order valence-corrected chi connectivity index (χ2v) is 11.3. The highest BCUT2D eigenvalue weighted by molar-refractivity contribution is 5.85. The number of rotatable bonds is 8. The maximum absolute atomic E-state index is 15.2. The van der Waals surface area contributed by atoms with Crippen LogP contribution in [0.2, 0.25) is 0 Å². The van der Waals surface area contributed by atoms with Crippen molar-refractivity contribution in [2.45, 2.75) is 104 Å². The second kappa shape index (κ2) is 11.8. The highest BCUT2D eigenvalue weighted by Crippen LogP contribution is 2.45. The van der Waals surface area contributed by atoms with E-state index in [-0.39, 0.29) is 5.92 Å². The van der Waals surface area contributed by atoms with Crippen LogP contribution in [0.4, 0.5) is 8.78 Å². The Bertz CT molecular complexity index is 959. The van der Waals surface area contributed by atoms with Gasteiger partial charge in [0.05, 0.1) is 0 Å². The Morgan fingerprint density at radius 3 is 2.21 bits per heavy atom. The molecule has 2 aromatic carbocycles. The summed E-state index contributed by atoms with van der Waals surface area (Å²) in [6, 6.07) is 7.92. The third kappa shape index (κ3) is 5.74. The Morgan fingerprint density at radius 1 is 0.882 bits per heavy atom. The average molecular weight is 467 g/mol. The Balaban J connectivity index is 1.40. The lowest BCUT2D eigenvalue weighted by molar-refractivity contribution is 0.142. The van der Waals surface area contributed by atoms with Crippen molar-refractivity contribution in [1.29, 1.82) is 0 Å². The molecule has 0 saturated heterocycles. The molecular weight excluding hydrogens is 422 g/mol. The normalized spacial score (nSPS) is 26.9. The average Bonchev–Trinajstić information content (AvgIpc) is 2.87. The van der Waals surface area contributed by atoms with E-state index in [0.717, 1.165) is 73.1 Å². The van der Waals surface area contributed by atoms with Crippen LogP contribution in [-0.2, 0) is 6.42 Å². The smallest absolute Gasteiger partial charge is 0.166 e. The van der Waals surface area contributed by atoms with Gasteiger partial charge in [-0.3, -0.25) is 0 Å². The Morgan fingerprint density at radius 2 is 1.56 bits per heavy atom. The molecule has 2 aliphatic carbocycles. The van der Waals surface area contributed by atoms with Gasteiger partial charge < -0.3 is 0 Å². The summed E-state index contributed by atoms with van der Waals surface area (Å²) in [5, 5.41) is 1.30. The fraction of sp³-hybridized carbons (Fsp3) is 0.625. The molecule has 1 unspecified atom stereocenters. The fourth-order valence-corrected chi connectivity index (χ4v) is 6.90. The minimum absolute atomic E-state index is 0.150. The van der Waals surface area contributed by atoms with E-state index in [9.17, 15) is 0 Å². The van der Waals surface area contributed by atoms with Gasteiger partial charge in [0.2, 0.25) is 0 Å². The van der Waals surface area contributed by atoms with Crippen LogP contribution in [-0.4, -0.2) is 0 Å². The molecule has 0 aliphatic heterocycles. The first-order valence-electron chi connectivity index (χ1n) is 14.0. The van der Waals surface area contributed by atoms with E-state index in [0.29, 0.717) is 10.9 Å². The molecule has 186 valence electrons. The predicted molar refractivity (Wildman–Crippen MR) is 141 cm³/mol. The van der Waals surface area contributed by atoms with Crippen LogP contribution >= 0.6 is 0 Å². The monoisotopic (exact) mass is 466 g/mol. The summed E-state index contributed by atoms with van der Waals surface area (Å²) in [6.45, 7) is 6.77. The van der Waals surface area contributed by atoms with Crippen molar-refractivity contribution < 1.29 is 8.78 Å². The zero-order chi connectivity index (χ0) is 24.1. The minimum atomic E-state index is -0.641. The van der Waals surface area contributed by atoms with E-state index in [4.69, 9.17) is 0 Å². The van der Waals surface area contributed by atoms with Gasteiger partial charge in [-0.25, -0.2) is 8.78 Å². The summed E-state index contributed by atoms with van der Waals surface area (Å²) in [4.78, 5) is 0. The molecule has 2 saturated carbocycles. The van der Waals surface area contributed by atoms with Gasteiger partial charge in [-0.2, -0.15) is 0 Å². The minimum Gasteiger partial charge on any atom is -0.203 e. The van der Waals surface area contributed by atoms with Crippen LogP contribution in [0.15, 0.2) is 36.4 Å². The quantitative estimate of drug-likeness (QED) is 0.268. The van der Waals surface area contributed by atoms with Crippen molar-refractivity contribution in [3.63, 3.8) is 0 Å². The fourth-order valence-electron chi connectivity index (χ4n) is 6.90. The highest BCUT2D eigenvalue weighted by atomic mass is 19.2. The lowest BCUT2D eigenvalue weighted by atomic mass is 9.67. The maximum atomic E-state index is 15.2. The first-order valence-corrected chi connectivity index (χ1v) is 14.0. The van der Waals surface area contributed by atoms with Gasteiger partial charge in [0, 0.05) is 5.39 Å². The summed E-state index contributed by atoms with van der Waals surface area (Å²) in [7, 11) is 0.